The number of anilines is 1. The van der Waals surface area contributed by atoms with E-state index in [4.69, 9.17) is 4.74 Å². The highest BCUT2D eigenvalue weighted by Crippen LogP contribution is 2.19. The predicted octanol–water partition coefficient (Wildman–Crippen LogP) is 2.47. The van der Waals surface area contributed by atoms with E-state index in [2.05, 4.69) is 10.0 Å². The maximum atomic E-state index is 12.8. The lowest BCUT2D eigenvalue weighted by Crippen LogP contribution is -2.35. The van der Waals surface area contributed by atoms with Crippen molar-refractivity contribution in [2.24, 2.45) is 0 Å². The van der Waals surface area contributed by atoms with E-state index in [0.717, 1.165) is 29.7 Å². The van der Waals surface area contributed by atoms with Crippen LogP contribution in [0, 0.1) is 13.8 Å². The summed E-state index contributed by atoms with van der Waals surface area (Å²) in [6.07, 6.45) is 1.60. The van der Waals surface area contributed by atoms with Gasteiger partial charge in [-0.2, -0.15) is 0 Å². The Morgan fingerprint density at radius 1 is 1.12 bits per heavy atom. The molecule has 2 aromatic carbocycles. The van der Waals surface area contributed by atoms with Gasteiger partial charge in [-0.15, -0.1) is 0 Å². The highest BCUT2D eigenvalue weighted by Gasteiger charge is 2.22. The third-order valence-corrected chi connectivity index (χ3v) is 6.81. The van der Waals surface area contributed by atoms with Gasteiger partial charge in [-0.1, -0.05) is 24.3 Å². The van der Waals surface area contributed by atoms with Crippen LogP contribution in [-0.4, -0.2) is 58.0 Å². The third kappa shape index (κ3) is 5.93. The largest absolute Gasteiger partial charge is 0.377 e. The number of benzene rings is 2. The Bertz CT molecular complexity index is 1070. The summed E-state index contributed by atoms with van der Waals surface area (Å²) in [6.45, 7) is 4.46. The molecular weight excluding hydrogens is 430 g/mol. The maximum Gasteiger partial charge on any atom is 0.254 e. The normalized spacial score (nSPS) is 16.0. The molecule has 0 spiro atoms. The summed E-state index contributed by atoms with van der Waals surface area (Å²) >= 11 is 0. The molecule has 0 saturated carbocycles. The minimum absolute atomic E-state index is 0.00488. The Morgan fingerprint density at radius 2 is 1.81 bits per heavy atom. The summed E-state index contributed by atoms with van der Waals surface area (Å²) in [5, 5.41) is 2.84. The molecule has 3 rings (SSSR count). The molecule has 1 aliphatic rings. The van der Waals surface area contributed by atoms with Crippen LogP contribution in [0.4, 0.5) is 5.69 Å². The summed E-state index contributed by atoms with van der Waals surface area (Å²) in [7, 11) is -2.28. The average molecular weight is 460 g/mol. The van der Waals surface area contributed by atoms with E-state index in [9.17, 15) is 18.0 Å². The van der Waals surface area contributed by atoms with Crippen LogP contribution in [0.25, 0.3) is 0 Å². The Balaban J connectivity index is 1.64. The van der Waals surface area contributed by atoms with Gasteiger partial charge < -0.3 is 15.0 Å². The first-order valence-corrected chi connectivity index (χ1v) is 12.0. The Morgan fingerprint density at radius 3 is 2.47 bits per heavy atom. The molecule has 1 aliphatic heterocycles. The van der Waals surface area contributed by atoms with Crippen LogP contribution in [0.15, 0.2) is 47.4 Å². The van der Waals surface area contributed by atoms with E-state index in [0.29, 0.717) is 6.61 Å². The van der Waals surface area contributed by atoms with Gasteiger partial charge in [-0.05, 0) is 56.0 Å². The standard InChI is InChI=1S/C23H29N3O5S/c1-16-7-4-8-17(2)22(16)25-21(27)15-26(3)23(28)18-9-5-11-20(13-18)32(29,30)24-14-19-10-6-12-31-19/h4-5,7-9,11,13,19,24H,6,10,12,14-15H2,1-3H3,(H,25,27)/t19-/m1/s1. The lowest BCUT2D eigenvalue weighted by molar-refractivity contribution is -0.116. The van der Waals surface area contributed by atoms with E-state index in [-0.39, 0.29) is 35.6 Å². The fourth-order valence-electron chi connectivity index (χ4n) is 3.59. The number of amides is 2. The number of rotatable bonds is 8. The Hall–Kier alpha value is -2.75. The summed E-state index contributed by atoms with van der Waals surface area (Å²) in [4.78, 5) is 26.6. The van der Waals surface area contributed by atoms with Crippen molar-refractivity contribution >= 4 is 27.5 Å². The van der Waals surface area contributed by atoms with E-state index in [1.807, 2.05) is 32.0 Å². The van der Waals surface area contributed by atoms with Crippen molar-refractivity contribution in [3.05, 3.63) is 59.2 Å². The summed E-state index contributed by atoms with van der Waals surface area (Å²) < 4.78 is 33.2. The number of ether oxygens (including phenoxy) is 1. The molecule has 9 heteroatoms. The molecule has 1 heterocycles. The molecule has 172 valence electrons. The monoisotopic (exact) mass is 459 g/mol. The van der Waals surface area contributed by atoms with Gasteiger partial charge in [0.15, 0.2) is 0 Å². The lowest BCUT2D eigenvalue weighted by atomic mass is 10.1. The van der Waals surface area contributed by atoms with Gasteiger partial charge in [0.25, 0.3) is 5.91 Å². The molecular formula is C23H29N3O5S. The van der Waals surface area contributed by atoms with Crippen LogP contribution in [-0.2, 0) is 19.6 Å². The fourth-order valence-corrected chi connectivity index (χ4v) is 4.70. The second-order valence-electron chi connectivity index (χ2n) is 7.99. The number of nitrogens with zero attached hydrogens (tertiary/aromatic N) is 1. The molecule has 2 N–H and O–H groups in total. The number of aryl methyl sites for hydroxylation is 2. The number of para-hydroxylation sites is 1. The first kappa shape index (κ1) is 23.9. The lowest BCUT2D eigenvalue weighted by Gasteiger charge is -2.18. The van der Waals surface area contributed by atoms with Crippen LogP contribution in [0.1, 0.15) is 34.3 Å². The van der Waals surface area contributed by atoms with E-state index in [1.165, 1.54) is 36.2 Å². The van der Waals surface area contributed by atoms with Crippen molar-refractivity contribution in [1.82, 2.24) is 9.62 Å². The molecule has 0 aromatic heterocycles. The first-order valence-electron chi connectivity index (χ1n) is 10.5. The number of hydrogen-bond donors (Lipinski definition) is 2. The second kappa shape index (κ2) is 10.2. The highest BCUT2D eigenvalue weighted by atomic mass is 32.2. The zero-order valence-electron chi connectivity index (χ0n) is 18.6. The molecule has 0 bridgehead atoms. The number of carbonyl (C=O) groups excluding carboxylic acids is 2. The molecule has 1 fully saturated rings. The number of carbonyl (C=O) groups is 2. The molecule has 32 heavy (non-hydrogen) atoms. The van der Waals surface area contributed by atoms with Crippen LogP contribution in [0.2, 0.25) is 0 Å². The van der Waals surface area contributed by atoms with Crippen molar-refractivity contribution in [1.29, 1.82) is 0 Å². The average Bonchev–Trinajstić information content (AvgIpc) is 3.28. The molecule has 8 nitrogen and oxygen atoms in total. The molecule has 2 aromatic rings. The van der Waals surface area contributed by atoms with Gasteiger partial charge >= 0.3 is 0 Å². The highest BCUT2D eigenvalue weighted by molar-refractivity contribution is 7.89. The summed E-state index contributed by atoms with van der Waals surface area (Å²) in [6, 6.07) is 11.5. The number of nitrogens with one attached hydrogen (secondary N) is 2. The van der Waals surface area contributed by atoms with Crippen LogP contribution < -0.4 is 10.0 Å². The van der Waals surface area contributed by atoms with Gasteiger partial charge in [0.05, 0.1) is 17.5 Å². The van der Waals surface area contributed by atoms with Crippen LogP contribution in [0.3, 0.4) is 0 Å². The first-order chi connectivity index (χ1) is 15.2. The van der Waals surface area contributed by atoms with Gasteiger partial charge in [0.2, 0.25) is 15.9 Å². The zero-order valence-corrected chi connectivity index (χ0v) is 19.4. The van der Waals surface area contributed by atoms with E-state index in [1.54, 1.807) is 0 Å². The minimum Gasteiger partial charge on any atom is -0.377 e. The molecule has 0 radical (unpaired) electrons. The van der Waals surface area contributed by atoms with Crippen molar-refractivity contribution in [3.8, 4) is 0 Å². The topological polar surface area (TPSA) is 105 Å². The van der Waals surface area contributed by atoms with Crippen molar-refractivity contribution in [2.75, 3.05) is 32.1 Å². The molecule has 1 atom stereocenters. The van der Waals surface area contributed by atoms with Gasteiger partial charge in [-0.3, -0.25) is 9.59 Å². The number of likely N-dealkylation sites (N-methyl/N-ethyl adjacent to an activating group) is 1. The van der Waals surface area contributed by atoms with Gasteiger partial charge in [-0.25, -0.2) is 13.1 Å². The van der Waals surface area contributed by atoms with Crippen molar-refractivity contribution < 1.29 is 22.7 Å². The Kier molecular flexibility index (Phi) is 7.65. The Labute approximate surface area is 189 Å². The fraction of sp³-hybridized carbons (Fsp3) is 0.391. The molecule has 1 saturated heterocycles. The maximum absolute atomic E-state index is 12.8. The van der Waals surface area contributed by atoms with E-state index >= 15 is 0 Å². The number of sulfonamides is 1. The third-order valence-electron chi connectivity index (χ3n) is 5.39. The molecule has 2 amide bonds. The molecule has 0 aliphatic carbocycles. The smallest absolute Gasteiger partial charge is 0.254 e. The second-order valence-corrected chi connectivity index (χ2v) is 9.76. The van der Waals surface area contributed by atoms with Crippen molar-refractivity contribution in [2.45, 2.75) is 37.7 Å². The van der Waals surface area contributed by atoms with Gasteiger partial charge in [0.1, 0.15) is 0 Å². The van der Waals surface area contributed by atoms with Crippen LogP contribution in [0.5, 0.6) is 0 Å². The van der Waals surface area contributed by atoms with Crippen molar-refractivity contribution in [3.63, 3.8) is 0 Å². The SMILES string of the molecule is Cc1cccc(C)c1NC(=O)CN(C)C(=O)c1cccc(S(=O)(=O)NC[C@H]2CCCO2)c1. The molecule has 0 unspecified atom stereocenters. The summed E-state index contributed by atoms with van der Waals surface area (Å²) in [5.74, 6) is -0.780. The van der Waals surface area contributed by atoms with E-state index < -0.39 is 15.9 Å². The van der Waals surface area contributed by atoms with Crippen LogP contribution >= 0.6 is 0 Å². The quantitative estimate of drug-likeness (QED) is 0.631. The number of hydrogen-bond acceptors (Lipinski definition) is 5. The van der Waals surface area contributed by atoms with Gasteiger partial charge in [0, 0.05) is 31.5 Å². The predicted molar refractivity (Wildman–Crippen MR) is 122 cm³/mol. The minimum atomic E-state index is -3.78. The zero-order chi connectivity index (χ0) is 23.3. The summed E-state index contributed by atoms with van der Waals surface area (Å²) in [5.41, 5.74) is 2.78.